The van der Waals surface area contributed by atoms with Crippen LogP contribution in [0.5, 0.6) is 0 Å². The molecule has 0 bridgehead atoms. The molecule has 40 valence electrons. The van der Waals surface area contributed by atoms with Gasteiger partial charge in [0, 0.05) is 5.66 Å². The molecular formula is C3H10NaO2P. The van der Waals surface area contributed by atoms with Gasteiger partial charge in [-0.1, -0.05) is 13.8 Å². The van der Waals surface area contributed by atoms with Gasteiger partial charge in [-0.15, -0.1) is 0 Å². The normalized spacial score (nSPS) is 13.1. The van der Waals surface area contributed by atoms with E-state index in [0.717, 1.165) is 0 Å². The van der Waals surface area contributed by atoms with Gasteiger partial charge in [0.15, 0.2) is 8.03 Å². The van der Waals surface area contributed by atoms with Crippen LogP contribution in [0.1, 0.15) is 13.8 Å². The van der Waals surface area contributed by atoms with Gasteiger partial charge in [0.25, 0.3) is 0 Å². The predicted octanol–water partition coefficient (Wildman–Crippen LogP) is 0.213. The van der Waals surface area contributed by atoms with Crippen LogP contribution >= 0.6 is 8.03 Å². The van der Waals surface area contributed by atoms with Crippen molar-refractivity contribution >= 4 is 37.6 Å². The summed E-state index contributed by atoms with van der Waals surface area (Å²) >= 11 is 0. The third-order valence-electron chi connectivity index (χ3n) is 0.494. The summed E-state index contributed by atoms with van der Waals surface area (Å²) in [6.45, 7) is 3.45. The van der Waals surface area contributed by atoms with Crippen molar-refractivity contribution in [1.82, 2.24) is 0 Å². The Kier molecular flexibility index (Phi) is 8.41. The van der Waals surface area contributed by atoms with Gasteiger partial charge in [-0.3, -0.25) is 4.57 Å². The van der Waals surface area contributed by atoms with Gasteiger partial charge in [0.05, 0.1) is 0 Å². The monoisotopic (exact) mass is 132 g/mol. The van der Waals surface area contributed by atoms with E-state index in [1.165, 1.54) is 0 Å². The molecule has 0 aliphatic carbocycles. The van der Waals surface area contributed by atoms with Crippen LogP contribution < -0.4 is 0 Å². The molecule has 0 radical (unpaired) electrons. The second kappa shape index (κ2) is 5.33. The molecule has 0 aliphatic rings. The van der Waals surface area contributed by atoms with Crippen LogP contribution in [0.3, 0.4) is 0 Å². The first kappa shape index (κ1) is 11.0. The zero-order valence-electron chi connectivity index (χ0n) is 3.93. The molecule has 0 rings (SSSR count). The van der Waals surface area contributed by atoms with Crippen LogP contribution in [0.15, 0.2) is 0 Å². The Morgan fingerprint density at radius 3 is 1.71 bits per heavy atom. The quantitative estimate of drug-likeness (QED) is 0.409. The van der Waals surface area contributed by atoms with Crippen molar-refractivity contribution in [2.45, 2.75) is 19.5 Å². The van der Waals surface area contributed by atoms with E-state index in [9.17, 15) is 4.57 Å². The van der Waals surface area contributed by atoms with Gasteiger partial charge >= 0.3 is 29.6 Å². The summed E-state index contributed by atoms with van der Waals surface area (Å²) < 4.78 is 9.88. The zero-order valence-corrected chi connectivity index (χ0v) is 4.93. The molecule has 2 nitrogen and oxygen atoms in total. The van der Waals surface area contributed by atoms with Gasteiger partial charge in [0.1, 0.15) is 0 Å². The summed E-state index contributed by atoms with van der Waals surface area (Å²) in [6, 6.07) is 0. The maximum atomic E-state index is 9.88. The minimum atomic E-state index is -2.20. The summed E-state index contributed by atoms with van der Waals surface area (Å²) in [5, 5.41) is 0. The molecule has 0 saturated heterocycles. The SMILES string of the molecule is CC(C)[PH](=O)O.[NaH]. The van der Waals surface area contributed by atoms with Crippen LogP contribution in [0.2, 0.25) is 0 Å². The summed E-state index contributed by atoms with van der Waals surface area (Å²) in [6.07, 6.45) is 0. The molecule has 0 aromatic rings. The maximum absolute atomic E-state index is 9.88. The molecule has 0 fully saturated rings. The van der Waals surface area contributed by atoms with Gasteiger partial charge < -0.3 is 4.89 Å². The molecule has 1 N–H and O–H groups in total. The zero-order chi connectivity index (χ0) is 5.15. The Morgan fingerprint density at radius 2 is 1.71 bits per heavy atom. The van der Waals surface area contributed by atoms with E-state index in [-0.39, 0.29) is 35.2 Å². The van der Waals surface area contributed by atoms with Crippen molar-refractivity contribution in [3.8, 4) is 0 Å². The molecule has 0 heterocycles. The van der Waals surface area contributed by atoms with Crippen molar-refractivity contribution in [2.75, 3.05) is 0 Å². The Hall–Kier alpha value is 1.19. The fourth-order valence-corrected chi connectivity index (χ4v) is 0. The molecular weight excluding hydrogens is 122 g/mol. The van der Waals surface area contributed by atoms with E-state index < -0.39 is 8.03 Å². The topological polar surface area (TPSA) is 37.3 Å². The summed E-state index contributed by atoms with van der Waals surface area (Å²) in [5.74, 6) is 0. The minimum absolute atomic E-state index is 0. The molecule has 0 saturated carbocycles. The summed E-state index contributed by atoms with van der Waals surface area (Å²) in [5.41, 5.74) is -0.0463. The molecule has 1 unspecified atom stereocenters. The van der Waals surface area contributed by atoms with E-state index in [1.54, 1.807) is 13.8 Å². The number of hydrogen-bond donors (Lipinski definition) is 1. The van der Waals surface area contributed by atoms with E-state index in [1.807, 2.05) is 0 Å². The van der Waals surface area contributed by atoms with Crippen LogP contribution in [0, 0.1) is 0 Å². The molecule has 0 spiro atoms. The molecule has 0 aromatic heterocycles. The van der Waals surface area contributed by atoms with Crippen LogP contribution in [0.25, 0.3) is 0 Å². The first-order valence-electron chi connectivity index (χ1n) is 1.87. The first-order valence-corrected chi connectivity index (χ1v) is 3.30. The third kappa shape index (κ3) is 7.19. The van der Waals surface area contributed by atoms with Crippen molar-refractivity contribution < 1.29 is 9.46 Å². The third-order valence-corrected chi connectivity index (χ3v) is 1.48. The Bertz CT molecular complexity index is 64.0. The second-order valence-electron chi connectivity index (χ2n) is 1.49. The second-order valence-corrected chi connectivity index (χ2v) is 3.32. The fraction of sp³-hybridized carbons (Fsp3) is 1.00. The van der Waals surface area contributed by atoms with Gasteiger partial charge in [-0.2, -0.15) is 0 Å². The summed E-state index contributed by atoms with van der Waals surface area (Å²) in [7, 11) is -2.20. The first-order chi connectivity index (χ1) is 2.64. The van der Waals surface area contributed by atoms with Crippen LogP contribution in [-0.4, -0.2) is 40.1 Å². The number of rotatable bonds is 1. The van der Waals surface area contributed by atoms with Crippen molar-refractivity contribution in [3.63, 3.8) is 0 Å². The summed E-state index contributed by atoms with van der Waals surface area (Å²) in [4.78, 5) is 8.18. The Labute approximate surface area is 66.5 Å². The molecule has 4 heteroatoms. The average molecular weight is 132 g/mol. The van der Waals surface area contributed by atoms with E-state index >= 15 is 0 Å². The molecule has 0 amide bonds. The van der Waals surface area contributed by atoms with Gasteiger partial charge in [0.2, 0.25) is 0 Å². The van der Waals surface area contributed by atoms with Crippen LogP contribution in [0.4, 0.5) is 0 Å². The van der Waals surface area contributed by atoms with Crippen molar-refractivity contribution in [1.29, 1.82) is 0 Å². The molecule has 7 heavy (non-hydrogen) atoms. The van der Waals surface area contributed by atoms with Crippen molar-refractivity contribution in [3.05, 3.63) is 0 Å². The van der Waals surface area contributed by atoms with E-state index in [0.29, 0.717) is 0 Å². The standard InChI is InChI=1S/C3H9O2P.Na.H/c1-3(2)6(4)5;;/h3,6H,1-2H3,(H,4,5);;. The molecule has 1 atom stereocenters. The Balaban J connectivity index is 0. The Morgan fingerprint density at radius 1 is 1.57 bits per heavy atom. The van der Waals surface area contributed by atoms with Crippen molar-refractivity contribution in [2.24, 2.45) is 0 Å². The van der Waals surface area contributed by atoms with Gasteiger partial charge in [-0.05, 0) is 0 Å². The molecule has 0 aromatic carbocycles. The predicted molar refractivity (Wildman–Crippen MR) is 33.5 cm³/mol. The van der Waals surface area contributed by atoms with Gasteiger partial charge in [-0.25, -0.2) is 0 Å². The van der Waals surface area contributed by atoms with Crippen LogP contribution in [-0.2, 0) is 4.57 Å². The molecule has 0 aliphatic heterocycles. The van der Waals surface area contributed by atoms with E-state index in [2.05, 4.69) is 0 Å². The van der Waals surface area contributed by atoms with E-state index in [4.69, 9.17) is 4.89 Å². The number of hydrogen-bond acceptors (Lipinski definition) is 1. The fourth-order valence-electron chi connectivity index (χ4n) is 0. The average Bonchev–Trinajstić information content (AvgIpc) is 1.36.